The van der Waals surface area contributed by atoms with Gasteiger partial charge in [-0.1, -0.05) is 12.8 Å². The molecular weight excluding hydrogens is 322 g/mol. The molecule has 7 heteroatoms. The molecule has 136 valence electrons. The minimum absolute atomic E-state index is 0.151. The SMILES string of the molecule is COc1ccc(NC(=O)CN2CCC[C@H]3CCCC[C@@H]32)c([N+](=O)[O-])c1. The van der Waals surface area contributed by atoms with E-state index in [1.165, 1.54) is 44.9 Å². The molecule has 3 rings (SSSR count). The number of likely N-dealkylation sites (tertiary alicyclic amines) is 1. The molecule has 0 spiro atoms. The fourth-order valence-electron chi connectivity index (χ4n) is 4.19. The second-order valence-electron chi connectivity index (χ2n) is 6.91. The van der Waals surface area contributed by atoms with Gasteiger partial charge in [0.05, 0.1) is 24.6 Å². The number of anilines is 1. The summed E-state index contributed by atoms with van der Waals surface area (Å²) in [5.41, 5.74) is 0.0647. The Balaban J connectivity index is 1.67. The minimum Gasteiger partial charge on any atom is -0.496 e. The second-order valence-corrected chi connectivity index (χ2v) is 6.91. The van der Waals surface area contributed by atoms with Gasteiger partial charge in [0, 0.05) is 6.04 Å². The van der Waals surface area contributed by atoms with Gasteiger partial charge in [-0.15, -0.1) is 0 Å². The number of piperidine rings is 1. The van der Waals surface area contributed by atoms with Crippen molar-refractivity contribution in [3.8, 4) is 5.75 Å². The van der Waals surface area contributed by atoms with Crippen molar-refractivity contribution in [2.24, 2.45) is 5.92 Å². The van der Waals surface area contributed by atoms with Crippen molar-refractivity contribution in [3.63, 3.8) is 0 Å². The lowest BCUT2D eigenvalue weighted by atomic mass is 9.78. The van der Waals surface area contributed by atoms with Crippen LogP contribution in [0.5, 0.6) is 5.75 Å². The number of nitrogens with zero attached hydrogens (tertiary/aromatic N) is 2. The summed E-state index contributed by atoms with van der Waals surface area (Å²) in [5.74, 6) is 0.899. The highest BCUT2D eigenvalue weighted by Gasteiger charge is 2.34. The minimum atomic E-state index is -0.504. The number of benzene rings is 1. The number of methoxy groups -OCH3 is 1. The first-order chi connectivity index (χ1) is 12.1. The standard InChI is InChI=1S/C18H25N3O4/c1-25-14-8-9-15(17(11-14)21(23)24)19-18(22)12-20-10-4-6-13-5-2-3-7-16(13)20/h8-9,11,13,16H,2-7,10,12H2,1H3,(H,19,22)/t13-,16+/m1/s1. The molecule has 2 fully saturated rings. The Morgan fingerprint density at radius 3 is 2.84 bits per heavy atom. The molecule has 2 atom stereocenters. The van der Waals surface area contributed by atoms with Gasteiger partial charge in [-0.05, 0) is 50.3 Å². The average molecular weight is 347 g/mol. The number of nitrogens with one attached hydrogen (secondary N) is 1. The van der Waals surface area contributed by atoms with Gasteiger partial charge in [0.1, 0.15) is 11.4 Å². The van der Waals surface area contributed by atoms with Crippen LogP contribution in [0.2, 0.25) is 0 Å². The van der Waals surface area contributed by atoms with Gasteiger partial charge < -0.3 is 10.1 Å². The van der Waals surface area contributed by atoms with Crippen molar-refractivity contribution in [3.05, 3.63) is 28.3 Å². The smallest absolute Gasteiger partial charge is 0.296 e. The van der Waals surface area contributed by atoms with E-state index in [2.05, 4.69) is 10.2 Å². The van der Waals surface area contributed by atoms with E-state index in [1.54, 1.807) is 6.07 Å². The van der Waals surface area contributed by atoms with Crippen LogP contribution in [-0.2, 0) is 4.79 Å². The third kappa shape index (κ3) is 4.10. The molecule has 1 N–H and O–H groups in total. The molecule has 0 unspecified atom stereocenters. The molecule has 1 amide bonds. The fraction of sp³-hybridized carbons (Fsp3) is 0.611. The van der Waals surface area contributed by atoms with Crippen LogP contribution in [0, 0.1) is 16.0 Å². The van der Waals surface area contributed by atoms with Crippen LogP contribution < -0.4 is 10.1 Å². The lowest BCUT2D eigenvalue weighted by Crippen LogP contribution is -2.49. The summed E-state index contributed by atoms with van der Waals surface area (Å²) in [7, 11) is 1.45. The summed E-state index contributed by atoms with van der Waals surface area (Å²) in [4.78, 5) is 25.5. The topological polar surface area (TPSA) is 84.7 Å². The molecule has 25 heavy (non-hydrogen) atoms. The molecule has 0 radical (unpaired) electrons. The molecule has 1 saturated heterocycles. The second kappa shape index (κ2) is 7.82. The number of fused-ring (bicyclic) bond motifs is 1. The molecule has 1 aliphatic heterocycles. The highest BCUT2D eigenvalue weighted by atomic mass is 16.6. The number of amides is 1. The zero-order chi connectivity index (χ0) is 17.8. The van der Waals surface area contributed by atoms with Gasteiger partial charge in [-0.2, -0.15) is 0 Å². The number of rotatable bonds is 5. The maximum atomic E-state index is 12.5. The zero-order valence-electron chi connectivity index (χ0n) is 14.6. The molecule has 1 aliphatic carbocycles. The highest BCUT2D eigenvalue weighted by Crippen LogP contribution is 2.35. The van der Waals surface area contributed by atoms with E-state index in [4.69, 9.17) is 4.74 Å². The third-order valence-corrected chi connectivity index (χ3v) is 5.38. The molecule has 1 aromatic carbocycles. The number of carbonyl (C=O) groups is 1. The van der Waals surface area contributed by atoms with Crippen LogP contribution in [0.25, 0.3) is 0 Å². The van der Waals surface area contributed by atoms with Gasteiger partial charge >= 0.3 is 0 Å². The van der Waals surface area contributed by atoms with Crippen molar-refractivity contribution >= 4 is 17.3 Å². The summed E-state index contributed by atoms with van der Waals surface area (Å²) >= 11 is 0. The third-order valence-electron chi connectivity index (χ3n) is 5.38. The molecule has 1 aromatic rings. The monoisotopic (exact) mass is 347 g/mol. The van der Waals surface area contributed by atoms with Crippen LogP contribution in [0.3, 0.4) is 0 Å². The van der Waals surface area contributed by atoms with E-state index < -0.39 is 4.92 Å². The Kier molecular flexibility index (Phi) is 5.53. The first-order valence-electron chi connectivity index (χ1n) is 8.95. The van der Waals surface area contributed by atoms with E-state index in [-0.39, 0.29) is 17.3 Å². The largest absolute Gasteiger partial charge is 0.496 e. The zero-order valence-corrected chi connectivity index (χ0v) is 14.6. The van der Waals surface area contributed by atoms with Gasteiger partial charge in [-0.25, -0.2) is 0 Å². The predicted molar refractivity (Wildman–Crippen MR) is 94.8 cm³/mol. The normalized spacial score (nSPS) is 23.6. The van der Waals surface area contributed by atoms with Gasteiger partial charge in [0.15, 0.2) is 0 Å². The number of nitro benzene ring substituents is 1. The van der Waals surface area contributed by atoms with Crippen molar-refractivity contribution in [1.82, 2.24) is 4.90 Å². The summed E-state index contributed by atoms with van der Waals surface area (Å²) in [6.45, 7) is 1.23. The Bertz CT molecular complexity index is 647. The van der Waals surface area contributed by atoms with Crippen molar-refractivity contribution in [2.75, 3.05) is 25.5 Å². The average Bonchev–Trinajstić information content (AvgIpc) is 2.62. The van der Waals surface area contributed by atoms with Crippen molar-refractivity contribution in [1.29, 1.82) is 0 Å². The number of hydrogen-bond donors (Lipinski definition) is 1. The summed E-state index contributed by atoms with van der Waals surface area (Å²) in [5, 5.41) is 13.9. The summed E-state index contributed by atoms with van der Waals surface area (Å²) in [6, 6.07) is 4.95. The van der Waals surface area contributed by atoms with E-state index in [0.717, 1.165) is 19.4 Å². The summed E-state index contributed by atoms with van der Waals surface area (Å²) in [6.07, 6.45) is 7.31. The quantitative estimate of drug-likeness (QED) is 0.653. The van der Waals surface area contributed by atoms with Gasteiger partial charge in [0.2, 0.25) is 5.91 Å². The molecule has 0 bridgehead atoms. The molecule has 2 aliphatic rings. The Morgan fingerprint density at radius 1 is 1.32 bits per heavy atom. The van der Waals surface area contributed by atoms with E-state index in [0.29, 0.717) is 24.3 Å². The predicted octanol–water partition coefficient (Wildman–Crippen LogP) is 3.20. The Morgan fingerprint density at radius 2 is 2.08 bits per heavy atom. The number of hydrogen-bond acceptors (Lipinski definition) is 5. The lowest BCUT2D eigenvalue weighted by Gasteiger charge is -2.43. The van der Waals surface area contributed by atoms with E-state index in [9.17, 15) is 14.9 Å². The van der Waals surface area contributed by atoms with Gasteiger partial charge in [-0.3, -0.25) is 19.8 Å². The highest BCUT2D eigenvalue weighted by molar-refractivity contribution is 5.94. The summed E-state index contributed by atoms with van der Waals surface area (Å²) < 4.78 is 5.02. The molecule has 7 nitrogen and oxygen atoms in total. The van der Waals surface area contributed by atoms with E-state index >= 15 is 0 Å². The van der Waals surface area contributed by atoms with Crippen molar-refractivity contribution in [2.45, 2.75) is 44.6 Å². The maximum Gasteiger partial charge on any atom is 0.296 e. The van der Waals surface area contributed by atoms with Crippen molar-refractivity contribution < 1.29 is 14.5 Å². The van der Waals surface area contributed by atoms with E-state index in [1.807, 2.05) is 0 Å². The molecule has 1 heterocycles. The number of carbonyl (C=O) groups excluding carboxylic acids is 1. The van der Waals surface area contributed by atoms with Gasteiger partial charge in [0.25, 0.3) is 5.69 Å². The van der Waals surface area contributed by atoms with Crippen LogP contribution in [0.4, 0.5) is 11.4 Å². The molecule has 1 saturated carbocycles. The maximum absolute atomic E-state index is 12.5. The van der Waals surface area contributed by atoms with Crippen LogP contribution in [0.15, 0.2) is 18.2 Å². The Labute approximate surface area is 147 Å². The van der Waals surface area contributed by atoms with Crippen LogP contribution in [-0.4, -0.2) is 42.0 Å². The lowest BCUT2D eigenvalue weighted by molar-refractivity contribution is -0.384. The van der Waals surface area contributed by atoms with Crippen LogP contribution >= 0.6 is 0 Å². The molecule has 0 aromatic heterocycles. The number of nitro groups is 1. The van der Waals surface area contributed by atoms with Crippen LogP contribution in [0.1, 0.15) is 38.5 Å². The Hall–Kier alpha value is -2.15. The first-order valence-corrected chi connectivity index (χ1v) is 8.95. The number of ether oxygens (including phenoxy) is 1. The first kappa shape index (κ1) is 17.7. The fourth-order valence-corrected chi connectivity index (χ4v) is 4.19. The molecular formula is C18H25N3O4.